The Kier molecular flexibility index (Phi) is 5.39. The van der Waals surface area contributed by atoms with Crippen LogP contribution in [-0.4, -0.2) is 21.7 Å². The third kappa shape index (κ3) is 4.07. The van der Waals surface area contributed by atoms with Gasteiger partial charge in [-0.25, -0.2) is 4.68 Å². The van der Waals surface area contributed by atoms with Crippen molar-refractivity contribution in [3.8, 4) is 16.3 Å². The number of rotatable bonds is 7. The van der Waals surface area contributed by atoms with Gasteiger partial charge >= 0.3 is 0 Å². The van der Waals surface area contributed by atoms with E-state index in [4.69, 9.17) is 4.42 Å². The highest BCUT2D eigenvalue weighted by Crippen LogP contribution is 2.28. The number of aryl methyl sites for hydroxylation is 1. The highest BCUT2D eigenvalue weighted by molar-refractivity contribution is 7.13. The van der Waals surface area contributed by atoms with Gasteiger partial charge in [0.1, 0.15) is 11.5 Å². The van der Waals surface area contributed by atoms with E-state index in [1.807, 2.05) is 66.9 Å². The van der Waals surface area contributed by atoms with E-state index in [9.17, 15) is 4.79 Å². The molecular weight excluding hydrogens is 370 g/mol. The van der Waals surface area contributed by atoms with Crippen molar-refractivity contribution in [2.75, 3.05) is 0 Å². The third-order valence-electron chi connectivity index (χ3n) is 4.52. The van der Waals surface area contributed by atoms with Crippen molar-refractivity contribution in [2.24, 2.45) is 0 Å². The molecule has 6 heteroatoms. The molecule has 0 saturated heterocycles. The Morgan fingerprint density at radius 1 is 1.18 bits per heavy atom. The number of para-hydroxylation sites is 1. The van der Waals surface area contributed by atoms with E-state index in [-0.39, 0.29) is 11.9 Å². The Morgan fingerprint density at radius 2 is 2.04 bits per heavy atom. The summed E-state index contributed by atoms with van der Waals surface area (Å²) < 4.78 is 7.13. The molecule has 0 radical (unpaired) electrons. The Balaban J connectivity index is 1.55. The zero-order valence-electron chi connectivity index (χ0n) is 15.5. The highest BCUT2D eigenvalue weighted by Gasteiger charge is 2.20. The molecule has 1 amide bonds. The summed E-state index contributed by atoms with van der Waals surface area (Å²) in [6.07, 6.45) is 5.07. The van der Waals surface area contributed by atoms with E-state index in [0.29, 0.717) is 11.3 Å². The molecular formula is C22H21N3O2S. The molecule has 5 nitrogen and oxygen atoms in total. The number of nitrogens with one attached hydrogen (secondary N) is 1. The van der Waals surface area contributed by atoms with Crippen LogP contribution in [0.5, 0.6) is 0 Å². The standard InChI is InChI=1S/C22H21N3O2S/c1-16(11-12-18-9-5-13-27-18)23-22(26)19-15-25(17-7-3-2-4-8-17)24-21(19)20-10-6-14-28-20/h2-10,13-16H,11-12H2,1H3,(H,23,26). The number of aromatic nitrogens is 2. The Morgan fingerprint density at radius 3 is 2.75 bits per heavy atom. The number of carbonyl (C=O) groups is 1. The fraction of sp³-hybridized carbons (Fsp3) is 0.182. The first-order valence-electron chi connectivity index (χ1n) is 9.23. The maximum absolute atomic E-state index is 13.0. The van der Waals surface area contributed by atoms with Crippen molar-refractivity contribution in [3.63, 3.8) is 0 Å². The topological polar surface area (TPSA) is 60.1 Å². The van der Waals surface area contributed by atoms with Crippen LogP contribution in [-0.2, 0) is 6.42 Å². The summed E-state index contributed by atoms with van der Waals surface area (Å²) in [7, 11) is 0. The molecule has 0 saturated carbocycles. The zero-order valence-corrected chi connectivity index (χ0v) is 16.4. The van der Waals surface area contributed by atoms with Gasteiger partial charge in [0.15, 0.2) is 0 Å². The van der Waals surface area contributed by atoms with Crippen LogP contribution in [0.15, 0.2) is 76.9 Å². The molecule has 3 aromatic heterocycles. The molecule has 1 atom stereocenters. The number of amides is 1. The lowest BCUT2D eigenvalue weighted by molar-refractivity contribution is 0.0938. The molecule has 142 valence electrons. The van der Waals surface area contributed by atoms with Gasteiger partial charge in [0, 0.05) is 18.7 Å². The monoisotopic (exact) mass is 391 g/mol. The number of benzene rings is 1. The first-order valence-corrected chi connectivity index (χ1v) is 10.1. The Bertz CT molecular complexity index is 1020. The van der Waals surface area contributed by atoms with Crippen LogP contribution in [0.25, 0.3) is 16.3 Å². The van der Waals surface area contributed by atoms with Crippen molar-refractivity contribution < 1.29 is 9.21 Å². The summed E-state index contributed by atoms with van der Waals surface area (Å²) in [6, 6.07) is 17.6. The second-order valence-electron chi connectivity index (χ2n) is 6.64. The van der Waals surface area contributed by atoms with Gasteiger partial charge in [-0.2, -0.15) is 5.10 Å². The number of furan rings is 1. The molecule has 0 aliphatic heterocycles. The second kappa shape index (κ2) is 8.27. The summed E-state index contributed by atoms with van der Waals surface area (Å²) in [5, 5.41) is 9.78. The minimum Gasteiger partial charge on any atom is -0.469 e. The minimum atomic E-state index is -0.113. The number of hydrogen-bond donors (Lipinski definition) is 1. The lowest BCUT2D eigenvalue weighted by Gasteiger charge is -2.13. The average molecular weight is 391 g/mol. The normalized spacial score (nSPS) is 12.0. The molecule has 0 bridgehead atoms. The van der Waals surface area contributed by atoms with E-state index in [1.54, 1.807) is 28.5 Å². The molecule has 0 fully saturated rings. The lowest BCUT2D eigenvalue weighted by atomic mass is 10.1. The van der Waals surface area contributed by atoms with Crippen LogP contribution in [0.4, 0.5) is 0 Å². The molecule has 0 spiro atoms. The fourth-order valence-electron chi connectivity index (χ4n) is 3.04. The van der Waals surface area contributed by atoms with Gasteiger partial charge in [0.05, 0.1) is 22.4 Å². The van der Waals surface area contributed by atoms with Gasteiger partial charge in [-0.3, -0.25) is 4.79 Å². The van der Waals surface area contributed by atoms with Gasteiger partial charge in [-0.05, 0) is 49.1 Å². The van der Waals surface area contributed by atoms with Gasteiger partial charge < -0.3 is 9.73 Å². The summed E-state index contributed by atoms with van der Waals surface area (Å²) >= 11 is 1.58. The SMILES string of the molecule is CC(CCc1ccco1)NC(=O)c1cn(-c2ccccc2)nc1-c1cccs1. The summed E-state index contributed by atoms with van der Waals surface area (Å²) in [4.78, 5) is 14.0. The van der Waals surface area contributed by atoms with Crippen LogP contribution in [0.1, 0.15) is 29.5 Å². The average Bonchev–Trinajstić information content (AvgIpc) is 3.48. The van der Waals surface area contributed by atoms with Gasteiger partial charge in [-0.1, -0.05) is 24.3 Å². The molecule has 0 aliphatic rings. The molecule has 1 unspecified atom stereocenters. The first kappa shape index (κ1) is 18.3. The van der Waals surface area contributed by atoms with Gasteiger partial charge in [-0.15, -0.1) is 11.3 Å². The van der Waals surface area contributed by atoms with Crippen molar-refractivity contribution in [3.05, 3.63) is 83.8 Å². The van der Waals surface area contributed by atoms with Crippen molar-refractivity contribution in [1.82, 2.24) is 15.1 Å². The van der Waals surface area contributed by atoms with E-state index in [0.717, 1.165) is 29.2 Å². The molecule has 4 aromatic rings. The van der Waals surface area contributed by atoms with Crippen molar-refractivity contribution in [2.45, 2.75) is 25.8 Å². The highest BCUT2D eigenvalue weighted by atomic mass is 32.1. The fourth-order valence-corrected chi connectivity index (χ4v) is 3.76. The Labute approximate surface area is 167 Å². The van der Waals surface area contributed by atoms with Crippen LogP contribution in [0.3, 0.4) is 0 Å². The van der Waals surface area contributed by atoms with E-state index in [1.165, 1.54) is 0 Å². The molecule has 0 aliphatic carbocycles. The number of thiophene rings is 1. The second-order valence-corrected chi connectivity index (χ2v) is 7.59. The van der Waals surface area contributed by atoms with Crippen LogP contribution in [0, 0.1) is 0 Å². The summed E-state index contributed by atoms with van der Waals surface area (Å²) in [5.41, 5.74) is 2.20. The van der Waals surface area contributed by atoms with E-state index in [2.05, 4.69) is 10.4 Å². The first-order chi connectivity index (χ1) is 13.7. The Hall–Kier alpha value is -3.12. The largest absolute Gasteiger partial charge is 0.469 e. The maximum Gasteiger partial charge on any atom is 0.255 e. The minimum absolute atomic E-state index is 0.0221. The molecule has 4 rings (SSSR count). The smallest absolute Gasteiger partial charge is 0.255 e. The van der Waals surface area contributed by atoms with Crippen molar-refractivity contribution >= 4 is 17.2 Å². The maximum atomic E-state index is 13.0. The quantitative estimate of drug-likeness (QED) is 0.485. The third-order valence-corrected chi connectivity index (χ3v) is 5.39. The number of nitrogens with zero attached hydrogens (tertiary/aromatic N) is 2. The van der Waals surface area contributed by atoms with Gasteiger partial charge in [0.25, 0.3) is 5.91 Å². The zero-order chi connectivity index (χ0) is 19.3. The number of carbonyl (C=O) groups excluding carboxylic acids is 1. The van der Waals surface area contributed by atoms with Crippen molar-refractivity contribution in [1.29, 1.82) is 0 Å². The van der Waals surface area contributed by atoms with E-state index < -0.39 is 0 Å². The van der Waals surface area contributed by atoms with Crippen LogP contribution < -0.4 is 5.32 Å². The molecule has 3 heterocycles. The predicted octanol–water partition coefficient (Wildman–Crippen LogP) is 4.94. The molecule has 1 aromatic carbocycles. The molecule has 28 heavy (non-hydrogen) atoms. The number of hydrogen-bond acceptors (Lipinski definition) is 4. The lowest BCUT2D eigenvalue weighted by Crippen LogP contribution is -2.33. The predicted molar refractivity (Wildman–Crippen MR) is 111 cm³/mol. The summed E-state index contributed by atoms with van der Waals surface area (Å²) in [5.74, 6) is 0.815. The van der Waals surface area contributed by atoms with Gasteiger partial charge in [0.2, 0.25) is 0 Å². The molecule has 1 N–H and O–H groups in total. The van der Waals surface area contributed by atoms with E-state index >= 15 is 0 Å². The summed E-state index contributed by atoms with van der Waals surface area (Å²) in [6.45, 7) is 2.01. The van der Waals surface area contributed by atoms with Crippen LogP contribution in [0.2, 0.25) is 0 Å². The van der Waals surface area contributed by atoms with Crippen LogP contribution >= 0.6 is 11.3 Å².